The highest BCUT2D eigenvalue weighted by molar-refractivity contribution is 6.33. The molecule has 2 aromatic rings. The monoisotopic (exact) mass is 359 g/mol. The van der Waals surface area contributed by atoms with Gasteiger partial charge in [0.25, 0.3) is 0 Å². The van der Waals surface area contributed by atoms with E-state index < -0.39 is 0 Å². The van der Waals surface area contributed by atoms with Crippen molar-refractivity contribution in [2.24, 2.45) is 5.10 Å². The summed E-state index contributed by atoms with van der Waals surface area (Å²) in [5.41, 5.74) is 3.62. The van der Waals surface area contributed by atoms with Gasteiger partial charge in [-0.3, -0.25) is 9.59 Å². The molecule has 7 heteroatoms. The van der Waals surface area contributed by atoms with Crippen molar-refractivity contribution in [3.63, 3.8) is 0 Å². The Morgan fingerprint density at radius 1 is 1.08 bits per heavy atom. The smallest absolute Gasteiger partial charge is 0.240 e. The summed E-state index contributed by atoms with van der Waals surface area (Å²) >= 11 is 5.98. The Kier molecular flexibility index (Phi) is 6.98. The second-order valence-electron chi connectivity index (χ2n) is 5.06. The molecule has 0 heterocycles. The van der Waals surface area contributed by atoms with Crippen molar-refractivity contribution in [3.8, 4) is 5.75 Å². The third-order valence-corrected chi connectivity index (χ3v) is 3.60. The molecule has 0 aliphatic carbocycles. The number of hydrazone groups is 1. The van der Waals surface area contributed by atoms with Gasteiger partial charge in [0.2, 0.25) is 11.8 Å². The first-order valence-electron chi connectivity index (χ1n) is 7.59. The van der Waals surface area contributed by atoms with Crippen LogP contribution in [-0.4, -0.2) is 25.1 Å². The first-order valence-corrected chi connectivity index (χ1v) is 7.97. The number of hydrogen-bond acceptors (Lipinski definition) is 4. The molecule has 2 N–H and O–H groups in total. The summed E-state index contributed by atoms with van der Waals surface area (Å²) < 4.78 is 5.15. The van der Waals surface area contributed by atoms with Crippen LogP contribution < -0.4 is 15.5 Å². The van der Waals surface area contributed by atoms with E-state index in [1.807, 2.05) is 6.07 Å². The highest BCUT2D eigenvalue weighted by atomic mass is 35.5. The molecule has 0 saturated heterocycles. The number of anilines is 1. The number of carbonyl (C=O) groups excluding carboxylic acids is 2. The number of nitrogens with zero attached hydrogens (tertiary/aromatic N) is 1. The number of para-hydroxylation sites is 2. The van der Waals surface area contributed by atoms with Crippen LogP contribution in [-0.2, 0) is 9.59 Å². The third-order valence-electron chi connectivity index (χ3n) is 3.26. The molecule has 0 bridgehead atoms. The van der Waals surface area contributed by atoms with E-state index in [1.54, 1.807) is 42.5 Å². The molecule has 0 aliphatic heterocycles. The predicted octanol–water partition coefficient (Wildman–Crippen LogP) is 3.22. The SMILES string of the molecule is COc1ccccc1NC(=O)CCC(=O)N/N=C/c1ccccc1Cl. The van der Waals surface area contributed by atoms with Crippen LogP contribution in [0, 0.1) is 0 Å². The number of hydrogen-bond donors (Lipinski definition) is 2. The number of ether oxygens (including phenoxy) is 1. The lowest BCUT2D eigenvalue weighted by molar-refractivity contribution is -0.124. The van der Waals surface area contributed by atoms with Crippen LogP contribution in [0.25, 0.3) is 0 Å². The maximum absolute atomic E-state index is 11.9. The minimum atomic E-state index is -0.363. The van der Waals surface area contributed by atoms with Gasteiger partial charge in [-0.15, -0.1) is 0 Å². The van der Waals surface area contributed by atoms with E-state index in [0.717, 1.165) is 0 Å². The topological polar surface area (TPSA) is 79.8 Å². The molecule has 2 amide bonds. The minimum Gasteiger partial charge on any atom is -0.495 e. The fourth-order valence-corrected chi connectivity index (χ4v) is 2.18. The number of nitrogens with one attached hydrogen (secondary N) is 2. The van der Waals surface area contributed by atoms with Crippen LogP contribution in [0.2, 0.25) is 5.02 Å². The van der Waals surface area contributed by atoms with E-state index in [0.29, 0.717) is 22.0 Å². The summed E-state index contributed by atoms with van der Waals surface area (Å²) in [7, 11) is 1.52. The lowest BCUT2D eigenvalue weighted by Crippen LogP contribution is -2.20. The van der Waals surface area contributed by atoms with Gasteiger partial charge in [-0.1, -0.05) is 41.9 Å². The van der Waals surface area contributed by atoms with Crippen LogP contribution in [0.3, 0.4) is 0 Å². The largest absolute Gasteiger partial charge is 0.495 e. The Hall–Kier alpha value is -2.86. The standard InChI is InChI=1S/C18H18ClN3O3/c1-25-16-9-5-4-8-15(16)21-17(23)10-11-18(24)22-20-12-13-6-2-3-7-14(13)19/h2-9,12H,10-11H2,1H3,(H,21,23)(H,22,24)/b20-12+. The number of carbonyl (C=O) groups is 2. The fourth-order valence-electron chi connectivity index (χ4n) is 2.00. The minimum absolute atomic E-state index is 0.0147. The average molecular weight is 360 g/mol. The molecular weight excluding hydrogens is 342 g/mol. The number of rotatable bonds is 7. The molecule has 130 valence electrons. The number of amides is 2. The maximum Gasteiger partial charge on any atom is 0.240 e. The van der Waals surface area contributed by atoms with Gasteiger partial charge >= 0.3 is 0 Å². The normalized spacial score (nSPS) is 10.5. The highest BCUT2D eigenvalue weighted by Gasteiger charge is 2.09. The van der Waals surface area contributed by atoms with Crippen molar-refractivity contribution < 1.29 is 14.3 Å². The lowest BCUT2D eigenvalue weighted by Gasteiger charge is -2.09. The summed E-state index contributed by atoms with van der Waals surface area (Å²) in [6, 6.07) is 14.2. The van der Waals surface area contributed by atoms with Crippen LogP contribution in [0.1, 0.15) is 18.4 Å². The first-order chi connectivity index (χ1) is 12.1. The predicted molar refractivity (Wildman–Crippen MR) is 98.0 cm³/mol. The number of methoxy groups -OCH3 is 1. The molecule has 0 unspecified atom stereocenters. The molecule has 0 spiro atoms. The van der Waals surface area contributed by atoms with Gasteiger partial charge < -0.3 is 10.1 Å². The Morgan fingerprint density at radius 2 is 1.76 bits per heavy atom. The van der Waals surface area contributed by atoms with Gasteiger partial charge in [0.15, 0.2) is 0 Å². The molecule has 25 heavy (non-hydrogen) atoms. The lowest BCUT2D eigenvalue weighted by atomic mass is 10.2. The zero-order valence-electron chi connectivity index (χ0n) is 13.7. The first kappa shape index (κ1) is 18.5. The zero-order valence-corrected chi connectivity index (χ0v) is 14.4. The molecule has 0 fully saturated rings. The molecular formula is C18H18ClN3O3. The van der Waals surface area contributed by atoms with Gasteiger partial charge in [0, 0.05) is 23.4 Å². The van der Waals surface area contributed by atoms with E-state index >= 15 is 0 Å². The summed E-state index contributed by atoms with van der Waals surface area (Å²) in [5.74, 6) is -0.0853. The Labute approximate surface area is 150 Å². The summed E-state index contributed by atoms with van der Waals surface area (Å²) in [6.07, 6.45) is 1.50. The van der Waals surface area contributed by atoms with Crippen LogP contribution in [0.4, 0.5) is 5.69 Å². The van der Waals surface area contributed by atoms with Crippen molar-refractivity contribution in [2.75, 3.05) is 12.4 Å². The molecule has 2 rings (SSSR count). The number of halogens is 1. The third kappa shape index (κ3) is 5.93. The highest BCUT2D eigenvalue weighted by Crippen LogP contribution is 2.23. The summed E-state index contributed by atoms with van der Waals surface area (Å²) in [5, 5.41) is 7.08. The second kappa shape index (κ2) is 9.44. The zero-order chi connectivity index (χ0) is 18.1. The molecule has 0 saturated carbocycles. The maximum atomic E-state index is 11.9. The van der Waals surface area contributed by atoms with E-state index in [-0.39, 0.29) is 24.7 Å². The van der Waals surface area contributed by atoms with Gasteiger partial charge in [-0.05, 0) is 18.2 Å². The molecule has 0 aromatic heterocycles. The Morgan fingerprint density at radius 3 is 2.52 bits per heavy atom. The van der Waals surface area contributed by atoms with E-state index in [2.05, 4.69) is 15.8 Å². The molecule has 0 aliphatic rings. The Bertz CT molecular complexity index is 778. The summed E-state index contributed by atoms with van der Waals surface area (Å²) in [6.45, 7) is 0. The fraction of sp³-hybridized carbons (Fsp3) is 0.167. The van der Waals surface area contributed by atoms with Crippen molar-refractivity contribution in [3.05, 3.63) is 59.1 Å². The van der Waals surface area contributed by atoms with Gasteiger partial charge in [-0.25, -0.2) is 5.43 Å². The van der Waals surface area contributed by atoms with Crippen molar-refractivity contribution in [2.45, 2.75) is 12.8 Å². The van der Waals surface area contributed by atoms with Gasteiger partial charge in [-0.2, -0.15) is 5.10 Å². The van der Waals surface area contributed by atoms with E-state index in [4.69, 9.17) is 16.3 Å². The molecule has 0 radical (unpaired) electrons. The molecule has 2 aromatic carbocycles. The van der Waals surface area contributed by atoms with Crippen molar-refractivity contribution in [1.29, 1.82) is 0 Å². The van der Waals surface area contributed by atoms with Crippen LogP contribution in [0.15, 0.2) is 53.6 Å². The number of benzene rings is 2. The van der Waals surface area contributed by atoms with E-state index in [9.17, 15) is 9.59 Å². The van der Waals surface area contributed by atoms with Crippen LogP contribution in [0.5, 0.6) is 5.75 Å². The van der Waals surface area contributed by atoms with Crippen LogP contribution >= 0.6 is 11.6 Å². The Balaban J connectivity index is 1.78. The molecule has 6 nitrogen and oxygen atoms in total. The quantitative estimate of drug-likeness (QED) is 0.588. The molecule has 0 atom stereocenters. The average Bonchev–Trinajstić information content (AvgIpc) is 2.62. The summed E-state index contributed by atoms with van der Waals surface area (Å²) in [4.78, 5) is 23.7. The van der Waals surface area contributed by atoms with Gasteiger partial charge in [0.1, 0.15) is 5.75 Å². The van der Waals surface area contributed by atoms with Crippen molar-refractivity contribution >= 4 is 35.3 Å². The van der Waals surface area contributed by atoms with Gasteiger partial charge in [0.05, 0.1) is 19.0 Å². The van der Waals surface area contributed by atoms with Crippen molar-refractivity contribution in [1.82, 2.24) is 5.43 Å². The van der Waals surface area contributed by atoms with E-state index in [1.165, 1.54) is 13.3 Å². The second-order valence-corrected chi connectivity index (χ2v) is 5.47.